The third kappa shape index (κ3) is 4.71. The monoisotopic (exact) mass is 447 g/mol. The molecular weight excluding hydrogens is 426 g/mol. The molecule has 0 aliphatic heterocycles. The van der Waals surface area contributed by atoms with E-state index in [0.717, 1.165) is 16.9 Å². The van der Waals surface area contributed by atoms with E-state index >= 15 is 0 Å². The van der Waals surface area contributed by atoms with Crippen molar-refractivity contribution in [1.29, 1.82) is 0 Å². The van der Waals surface area contributed by atoms with Crippen LogP contribution in [0.5, 0.6) is 11.5 Å². The number of thiazole rings is 1. The number of ether oxygens (including phenoxy) is 2. The molecular formula is C20H21N3O5S2. The summed E-state index contributed by atoms with van der Waals surface area (Å²) in [5.41, 5.74) is 1.90. The maximum atomic E-state index is 12.7. The first kappa shape index (κ1) is 21.6. The number of hydrogen-bond donors (Lipinski definition) is 2. The predicted molar refractivity (Wildman–Crippen MR) is 116 cm³/mol. The highest BCUT2D eigenvalue weighted by atomic mass is 32.2. The van der Waals surface area contributed by atoms with Gasteiger partial charge in [0.2, 0.25) is 0 Å². The summed E-state index contributed by atoms with van der Waals surface area (Å²) >= 11 is 0.955. The number of nitrogens with zero attached hydrogens (tertiary/aromatic N) is 1. The summed E-state index contributed by atoms with van der Waals surface area (Å²) in [4.78, 5) is 17.3. The van der Waals surface area contributed by atoms with Crippen LogP contribution in [0.3, 0.4) is 0 Å². The number of anilines is 2. The molecule has 0 atom stereocenters. The van der Waals surface area contributed by atoms with Gasteiger partial charge in [0.1, 0.15) is 16.4 Å². The van der Waals surface area contributed by atoms with E-state index in [9.17, 15) is 13.2 Å². The van der Waals surface area contributed by atoms with Crippen molar-refractivity contribution < 1.29 is 22.7 Å². The summed E-state index contributed by atoms with van der Waals surface area (Å²) in [6.07, 6.45) is 0. The maximum absolute atomic E-state index is 12.7. The number of hydrogen-bond acceptors (Lipinski definition) is 7. The van der Waals surface area contributed by atoms with Gasteiger partial charge in [-0.25, -0.2) is 13.4 Å². The predicted octanol–water partition coefficient (Wildman–Crippen LogP) is 3.83. The molecule has 3 rings (SSSR count). The fraction of sp³-hybridized carbons (Fsp3) is 0.200. The van der Waals surface area contributed by atoms with E-state index in [1.165, 1.54) is 26.4 Å². The molecule has 2 aromatic carbocycles. The van der Waals surface area contributed by atoms with E-state index in [1.54, 1.807) is 31.2 Å². The molecule has 1 heterocycles. The largest absolute Gasteiger partial charge is 0.497 e. The first-order valence-corrected chi connectivity index (χ1v) is 11.1. The van der Waals surface area contributed by atoms with E-state index in [1.807, 2.05) is 13.0 Å². The van der Waals surface area contributed by atoms with Crippen LogP contribution in [-0.2, 0) is 10.0 Å². The normalized spacial score (nSPS) is 11.1. The zero-order valence-corrected chi connectivity index (χ0v) is 18.5. The van der Waals surface area contributed by atoms with Crippen molar-refractivity contribution in [3.63, 3.8) is 0 Å². The van der Waals surface area contributed by atoms with E-state index in [-0.39, 0.29) is 10.0 Å². The maximum Gasteiger partial charge on any atom is 0.267 e. The molecule has 158 valence electrons. The quantitative estimate of drug-likeness (QED) is 0.570. The van der Waals surface area contributed by atoms with Crippen LogP contribution in [0, 0.1) is 13.8 Å². The summed E-state index contributed by atoms with van der Waals surface area (Å²) in [6, 6.07) is 11.4. The molecule has 1 amide bonds. The van der Waals surface area contributed by atoms with Crippen LogP contribution in [-0.4, -0.2) is 33.5 Å². The van der Waals surface area contributed by atoms with Crippen LogP contribution in [0.15, 0.2) is 47.4 Å². The van der Waals surface area contributed by atoms with Gasteiger partial charge in [0.25, 0.3) is 15.9 Å². The Balaban J connectivity index is 1.81. The zero-order valence-electron chi connectivity index (χ0n) is 16.8. The first-order valence-electron chi connectivity index (χ1n) is 8.84. The van der Waals surface area contributed by atoms with Crippen LogP contribution in [0.1, 0.15) is 20.9 Å². The van der Waals surface area contributed by atoms with Gasteiger partial charge in [0.05, 0.1) is 30.5 Å². The van der Waals surface area contributed by atoms with Gasteiger partial charge >= 0.3 is 0 Å². The van der Waals surface area contributed by atoms with Gasteiger partial charge in [-0.05, 0) is 55.8 Å². The molecule has 0 aliphatic carbocycles. The van der Waals surface area contributed by atoms with E-state index < -0.39 is 15.9 Å². The number of carbonyl (C=O) groups is 1. The average molecular weight is 448 g/mol. The molecule has 0 radical (unpaired) electrons. The molecule has 0 unspecified atom stereocenters. The standard InChI is InChI=1S/C20H21N3O5S2/c1-12-5-10-17(28-4)16(11-12)22-19(24)18-13(2)21-20(29-18)23-30(25,26)15-8-6-14(27-3)7-9-15/h5-11H,1-4H3,(H,21,23)(H,22,24). The lowest BCUT2D eigenvalue weighted by Gasteiger charge is -2.10. The van der Waals surface area contributed by atoms with Gasteiger partial charge < -0.3 is 14.8 Å². The Hall–Kier alpha value is -3.11. The first-order chi connectivity index (χ1) is 14.2. The minimum atomic E-state index is -3.85. The number of carbonyl (C=O) groups excluding carboxylic acids is 1. The molecule has 0 fully saturated rings. The lowest BCUT2D eigenvalue weighted by atomic mass is 10.2. The van der Waals surface area contributed by atoms with E-state index in [0.29, 0.717) is 27.8 Å². The summed E-state index contributed by atoms with van der Waals surface area (Å²) < 4.78 is 37.9. The topological polar surface area (TPSA) is 107 Å². The van der Waals surface area contributed by atoms with Gasteiger partial charge in [-0.3, -0.25) is 9.52 Å². The highest BCUT2D eigenvalue weighted by molar-refractivity contribution is 7.93. The Morgan fingerprint density at radius 3 is 2.37 bits per heavy atom. The van der Waals surface area contributed by atoms with Crippen LogP contribution in [0.4, 0.5) is 10.8 Å². The molecule has 0 bridgehead atoms. The molecule has 0 saturated carbocycles. The Kier molecular flexibility index (Phi) is 6.28. The van der Waals surface area contributed by atoms with Gasteiger partial charge in [-0.2, -0.15) is 0 Å². The number of sulfonamides is 1. The second kappa shape index (κ2) is 8.72. The van der Waals surface area contributed by atoms with E-state index in [4.69, 9.17) is 9.47 Å². The minimum Gasteiger partial charge on any atom is -0.497 e. The van der Waals surface area contributed by atoms with Crippen LogP contribution in [0.25, 0.3) is 0 Å². The minimum absolute atomic E-state index is 0.0617. The lowest BCUT2D eigenvalue weighted by molar-refractivity contribution is 0.102. The lowest BCUT2D eigenvalue weighted by Crippen LogP contribution is -2.12. The van der Waals surface area contributed by atoms with Gasteiger partial charge in [-0.1, -0.05) is 17.4 Å². The van der Waals surface area contributed by atoms with E-state index in [2.05, 4.69) is 15.0 Å². The smallest absolute Gasteiger partial charge is 0.267 e. The third-order valence-electron chi connectivity index (χ3n) is 4.20. The number of aryl methyl sites for hydroxylation is 2. The van der Waals surface area contributed by atoms with Gasteiger partial charge in [0.15, 0.2) is 5.13 Å². The van der Waals surface area contributed by atoms with Gasteiger partial charge in [0, 0.05) is 0 Å². The number of nitrogens with one attached hydrogen (secondary N) is 2. The molecule has 2 N–H and O–H groups in total. The van der Waals surface area contributed by atoms with Crippen molar-refractivity contribution in [2.24, 2.45) is 0 Å². The molecule has 0 saturated heterocycles. The fourth-order valence-electron chi connectivity index (χ4n) is 2.68. The van der Waals surface area contributed by atoms with Gasteiger partial charge in [-0.15, -0.1) is 0 Å². The molecule has 30 heavy (non-hydrogen) atoms. The number of benzene rings is 2. The summed E-state index contributed by atoms with van der Waals surface area (Å²) in [5.74, 6) is 0.671. The fourth-order valence-corrected chi connectivity index (χ4v) is 4.77. The number of methoxy groups -OCH3 is 2. The SMILES string of the molecule is COc1ccc(S(=O)(=O)Nc2nc(C)c(C(=O)Nc3cc(C)ccc3OC)s2)cc1. The molecule has 0 spiro atoms. The van der Waals surface area contributed by atoms with Crippen LogP contribution < -0.4 is 19.5 Å². The average Bonchev–Trinajstić information content (AvgIpc) is 3.07. The molecule has 8 nitrogen and oxygen atoms in total. The highest BCUT2D eigenvalue weighted by Gasteiger charge is 2.21. The molecule has 3 aromatic rings. The Bertz CT molecular complexity index is 1170. The molecule has 1 aromatic heterocycles. The van der Waals surface area contributed by atoms with Crippen molar-refractivity contribution >= 4 is 38.1 Å². The second-order valence-corrected chi connectivity index (χ2v) is 9.05. The highest BCUT2D eigenvalue weighted by Crippen LogP contribution is 2.29. The van der Waals surface area contributed by atoms with Crippen molar-refractivity contribution in [3.05, 3.63) is 58.6 Å². The Labute approximate surface area is 178 Å². The van der Waals surface area contributed by atoms with Crippen molar-refractivity contribution in [3.8, 4) is 11.5 Å². The summed E-state index contributed by atoms with van der Waals surface area (Å²) in [5, 5.41) is 2.90. The van der Waals surface area contributed by atoms with Crippen molar-refractivity contribution in [2.75, 3.05) is 24.3 Å². The Morgan fingerprint density at radius 2 is 1.73 bits per heavy atom. The number of aromatic nitrogens is 1. The zero-order chi connectivity index (χ0) is 21.9. The summed E-state index contributed by atoms with van der Waals surface area (Å²) in [7, 11) is -0.835. The van der Waals surface area contributed by atoms with Crippen LogP contribution >= 0.6 is 11.3 Å². The Morgan fingerprint density at radius 1 is 1.03 bits per heavy atom. The van der Waals surface area contributed by atoms with Crippen molar-refractivity contribution in [1.82, 2.24) is 4.98 Å². The summed E-state index contributed by atoms with van der Waals surface area (Å²) in [6.45, 7) is 3.54. The number of amides is 1. The second-order valence-electron chi connectivity index (χ2n) is 6.37. The molecule has 0 aliphatic rings. The number of rotatable bonds is 7. The molecule has 10 heteroatoms. The third-order valence-corrected chi connectivity index (χ3v) is 6.75. The van der Waals surface area contributed by atoms with Crippen LogP contribution in [0.2, 0.25) is 0 Å². The van der Waals surface area contributed by atoms with Crippen molar-refractivity contribution in [2.45, 2.75) is 18.7 Å².